The van der Waals surface area contributed by atoms with Crippen molar-refractivity contribution in [1.29, 1.82) is 0 Å². The number of nitrogens with one attached hydrogen (secondary N) is 1. The van der Waals surface area contributed by atoms with Crippen LogP contribution in [0.1, 0.15) is 47.1 Å². The second-order valence-electron chi connectivity index (χ2n) is 9.23. The fraction of sp³-hybridized carbons (Fsp3) is 0.200. The van der Waals surface area contributed by atoms with Crippen LogP contribution in [0.25, 0.3) is 0 Å². The van der Waals surface area contributed by atoms with Gasteiger partial charge in [0.05, 0.1) is 17.4 Å². The van der Waals surface area contributed by atoms with E-state index in [0.717, 1.165) is 16.2 Å². The van der Waals surface area contributed by atoms with Crippen LogP contribution in [-0.2, 0) is 14.3 Å². The average Bonchev–Trinajstić information content (AvgIpc) is 3.12. The second kappa shape index (κ2) is 11.5. The monoisotopic (exact) mass is 545 g/mol. The number of imide groups is 1. The van der Waals surface area contributed by atoms with Gasteiger partial charge in [-0.05, 0) is 87.9 Å². The molecule has 1 aliphatic rings. The summed E-state index contributed by atoms with van der Waals surface area (Å²) in [7, 11) is 0. The van der Waals surface area contributed by atoms with Crippen LogP contribution >= 0.6 is 11.6 Å². The molecule has 0 saturated heterocycles. The number of halogens is 1. The first kappa shape index (κ1) is 27.6. The number of anilines is 3. The van der Waals surface area contributed by atoms with E-state index in [1.807, 2.05) is 38.1 Å². The summed E-state index contributed by atoms with van der Waals surface area (Å²) in [6.07, 6.45) is -0.281. The zero-order valence-electron chi connectivity index (χ0n) is 22.0. The summed E-state index contributed by atoms with van der Waals surface area (Å²) < 4.78 is 5.17. The van der Waals surface area contributed by atoms with Crippen molar-refractivity contribution in [3.05, 3.63) is 100 Å². The zero-order valence-corrected chi connectivity index (χ0v) is 22.8. The molecular weight excluding hydrogens is 518 g/mol. The molecule has 4 rings (SSSR count). The van der Waals surface area contributed by atoms with E-state index in [1.54, 1.807) is 43.0 Å². The van der Waals surface area contributed by atoms with Crippen LogP contribution in [0, 0.1) is 6.92 Å². The molecule has 3 aromatic carbocycles. The Kier molecular flexibility index (Phi) is 8.16. The first-order valence-electron chi connectivity index (χ1n) is 12.5. The van der Waals surface area contributed by atoms with Crippen LogP contribution in [0.15, 0.2) is 83.5 Å². The molecule has 0 fully saturated rings. The third-order valence-corrected chi connectivity index (χ3v) is 6.34. The van der Waals surface area contributed by atoms with E-state index in [4.69, 9.17) is 16.3 Å². The SMILES string of the molecule is CCN(C(=O)c1cccc(NC2=C(Cl)C(=O)N(c3ccc(C(=O)OC(C)C)cc3)C2=O)c1)c1cccc(C)c1. The molecule has 0 aromatic heterocycles. The summed E-state index contributed by atoms with van der Waals surface area (Å²) in [6, 6.07) is 20.2. The Balaban J connectivity index is 1.53. The number of rotatable bonds is 8. The van der Waals surface area contributed by atoms with Gasteiger partial charge in [-0.1, -0.05) is 29.8 Å². The molecule has 0 unspecified atom stereocenters. The predicted molar refractivity (Wildman–Crippen MR) is 151 cm³/mol. The van der Waals surface area contributed by atoms with Gasteiger partial charge >= 0.3 is 5.97 Å². The highest BCUT2D eigenvalue weighted by Gasteiger charge is 2.39. The highest BCUT2D eigenvalue weighted by atomic mass is 35.5. The Labute approximate surface area is 231 Å². The van der Waals surface area contributed by atoms with Crippen LogP contribution < -0.4 is 15.1 Å². The molecule has 3 amide bonds. The number of nitrogens with zero attached hydrogens (tertiary/aromatic N) is 2. The third-order valence-electron chi connectivity index (χ3n) is 5.98. The number of benzene rings is 3. The van der Waals surface area contributed by atoms with Crippen molar-refractivity contribution in [2.75, 3.05) is 21.7 Å². The Hall–Kier alpha value is -4.43. The van der Waals surface area contributed by atoms with E-state index in [1.165, 1.54) is 24.3 Å². The molecule has 0 bridgehead atoms. The summed E-state index contributed by atoms with van der Waals surface area (Å²) in [5.74, 6) is -2.08. The number of amides is 3. The fourth-order valence-electron chi connectivity index (χ4n) is 4.14. The van der Waals surface area contributed by atoms with E-state index in [9.17, 15) is 19.2 Å². The molecule has 0 atom stereocenters. The quantitative estimate of drug-likeness (QED) is 0.290. The number of carbonyl (C=O) groups excluding carboxylic acids is 4. The number of esters is 1. The maximum atomic E-state index is 13.3. The smallest absolute Gasteiger partial charge is 0.338 e. The molecule has 0 saturated carbocycles. The predicted octanol–water partition coefficient (Wildman–Crippen LogP) is 5.66. The van der Waals surface area contributed by atoms with Gasteiger partial charge in [0.25, 0.3) is 17.7 Å². The van der Waals surface area contributed by atoms with Crippen molar-refractivity contribution in [2.45, 2.75) is 33.8 Å². The molecule has 3 aromatic rings. The van der Waals surface area contributed by atoms with Crippen molar-refractivity contribution in [1.82, 2.24) is 0 Å². The molecule has 1 N–H and O–H groups in total. The minimum Gasteiger partial charge on any atom is -0.459 e. The molecule has 0 radical (unpaired) electrons. The fourth-order valence-corrected chi connectivity index (χ4v) is 4.36. The van der Waals surface area contributed by atoms with E-state index < -0.39 is 17.8 Å². The molecule has 39 heavy (non-hydrogen) atoms. The number of carbonyl (C=O) groups is 4. The maximum Gasteiger partial charge on any atom is 0.338 e. The van der Waals surface area contributed by atoms with Crippen molar-refractivity contribution in [2.24, 2.45) is 0 Å². The normalized spacial score (nSPS) is 13.2. The number of hydrogen-bond donors (Lipinski definition) is 1. The Bertz CT molecular complexity index is 1480. The first-order chi connectivity index (χ1) is 18.6. The largest absolute Gasteiger partial charge is 0.459 e. The standard InChI is InChI=1S/C30H28ClN3O5/c1-5-33(24-11-6-8-19(4)16-24)27(35)21-9-7-10-22(17-21)32-26-25(31)28(36)34(29(26)37)23-14-12-20(13-15-23)30(38)39-18(2)3/h6-18,32H,5H2,1-4H3. The van der Waals surface area contributed by atoms with Gasteiger partial charge in [-0.25, -0.2) is 9.69 Å². The van der Waals surface area contributed by atoms with Crippen LogP contribution in [0.4, 0.5) is 17.1 Å². The molecule has 200 valence electrons. The lowest BCUT2D eigenvalue weighted by molar-refractivity contribution is -0.120. The summed E-state index contributed by atoms with van der Waals surface area (Å²) in [5, 5.41) is 2.63. The summed E-state index contributed by atoms with van der Waals surface area (Å²) in [5.41, 5.74) is 3.07. The van der Waals surface area contributed by atoms with Crippen molar-refractivity contribution < 1.29 is 23.9 Å². The molecule has 8 nitrogen and oxygen atoms in total. The molecular formula is C30H28ClN3O5. The van der Waals surface area contributed by atoms with Gasteiger partial charge in [0.2, 0.25) is 0 Å². The average molecular weight is 546 g/mol. The molecule has 0 spiro atoms. The van der Waals surface area contributed by atoms with Gasteiger partial charge in [0.1, 0.15) is 10.7 Å². The number of ether oxygens (including phenoxy) is 1. The zero-order chi connectivity index (χ0) is 28.3. The molecule has 9 heteroatoms. The maximum absolute atomic E-state index is 13.3. The van der Waals surface area contributed by atoms with E-state index >= 15 is 0 Å². The van der Waals surface area contributed by atoms with Gasteiger partial charge in [0.15, 0.2) is 0 Å². The minimum absolute atomic E-state index is 0.111. The van der Waals surface area contributed by atoms with Crippen LogP contribution in [-0.4, -0.2) is 36.3 Å². The molecule has 1 heterocycles. The summed E-state index contributed by atoms with van der Waals surface area (Å²) in [6.45, 7) is 7.80. The van der Waals surface area contributed by atoms with Gasteiger partial charge < -0.3 is 15.0 Å². The van der Waals surface area contributed by atoms with Gasteiger partial charge in [-0.15, -0.1) is 0 Å². The number of aryl methyl sites for hydroxylation is 1. The number of hydrogen-bond acceptors (Lipinski definition) is 6. The van der Waals surface area contributed by atoms with Crippen molar-refractivity contribution >= 4 is 52.4 Å². The second-order valence-corrected chi connectivity index (χ2v) is 9.61. The molecule has 0 aliphatic carbocycles. The highest BCUT2D eigenvalue weighted by Crippen LogP contribution is 2.31. The minimum atomic E-state index is -0.703. The topological polar surface area (TPSA) is 96.0 Å². The van der Waals surface area contributed by atoms with Crippen molar-refractivity contribution in [3.63, 3.8) is 0 Å². The van der Waals surface area contributed by atoms with Crippen LogP contribution in [0.5, 0.6) is 0 Å². The van der Waals surface area contributed by atoms with Crippen LogP contribution in [0.2, 0.25) is 0 Å². The van der Waals surface area contributed by atoms with E-state index in [-0.39, 0.29) is 34.0 Å². The third kappa shape index (κ3) is 5.86. The lowest BCUT2D eigenvalue weighted by Gasteiger charge is -2.22. The van der Waals surface area contributed by atoms with Gasteiger partial charge in [0, 0.05) is 23.5 Å². The Morgan fingerprint density at radius 2 is 1.64 bits per heavy atom. The van der Waals surface area contributed by atoms with Crippen molar-refractivity contribution in [3.8, 4) is 0 Å². The lowest BCUT2D eigenvalue weighted by Crippen LogP contribution is -2.32. The van der Waals surface area contributed by atoms with Gasteiger partial charge in [-0.2, -0.15) is 0 Å². The summed E-state index contributed by atoms with van der Waals surface area (Å²) in [4.78, 5) is 54.1. The lowest BCUT2D eigenvalue weighted by atomic mass is 10.1. The Morgan fingerprint density at radius 1 is 0.949 bits per heavy atom. The molecule has 1 aliphatic heterocycles. The first-order valence-corrected chi connectivity index (χ1v) is 12.8. The van der Waals surface area contributed by atoms with E-state index in [0.29, 0.717) is 17.8 Å². The summed E-state index contributed by atoms with van der Waals surface area (Å²) >= 11 is 6.28. The Morgan fingerprint density at radius 3 is 2.28 bits per heavy atom. The highest BCUT2D eigenvalue weighted by molar-refractivity contribution is 6.53. The van der Waals surface area contributed by atoms with E-state index in [2.05, 4.69) is 5.32 Å². The van der Waals surface area contributed by atoms with Gasteiger partial charge in [-0.3, -0.25) is 14.4 Å². The van der Waals surface area contributed by atoms with Crippen LogP contribution in [0.3, 0.4) is 0 Å².